The number of ketones is 1. The summed E-state index contributed by atoms with van der Waals surface area (Å²) in [6.45, 7) is 3.93. The molecule has 1 saturated heterocycles. The van der Waals surface area contributed by atoms with Gasteiger partial charge in [0.05, 0.1) is 13.7 Å². The van der Waals surface area contributed by atoms with Gasteiger partial charge < -0.3 is 14.8 Å². The average molecular weight is 520 g/mol. The number of carbonyl (C=O) groups is 1. The molecule has 1 aliphatic heterocycles. The van der Waals surface area contributed by atoms with Crippen molar-refractivity contribution in [3.8, 4) is 33.8 Å². The van der Waals surface area contributed by atoms with E-state index < -0.39 is 0 Å². The number of piperidine rings is 1. The first kappa shape index (κ1) is 26.7. The third-order valence-electron chi connectivity index (χ3n) is 7.50. The van der Waals surface area contributed by atoms with Crippen molar-refractivity contribution in [3.05, 3.63) is 108 Å². The zero-order valence-corrected chi connectivity index (χ0v) is 22.9. The van der Waals surface area contributed by atoms with E-state index >= 15 is 0 Å². The predicted octanol–water partition coefficient (Wildman–Crippen LogP) is 7.67. The molecule has 4 aromatic rings. The quantitative estimate of drug-likeness (QED) is 0.218. The monoisotopic (exact) mass is 519 g/mol. The number of rotatable bonds is 10. The van der Waals surface area contributed by atoms with Crippen LogP contribution < -0.4 is 14.8 Å². The SMILES string of the molecule is COc1ccc(C(=O)Cc2ccc(-c3ccc(OCCC4CCCCN4)cc3)cc2)cc1-c1cccc(C)c1. The lowest BCUT2D eigenvalue weighted by atomic mass is 9.96. The van der Waals surface area contributed by atoms with Gasteiger partial charge in [-0.1, -0.05) is 72.6 Å². The molecule has 0 spiro atoms. The number of benzene rings is 4. The highest BCUT2D eigenvalue weighted by atomic mass is 16.5. The summed E-state index contributed by atoms with van der Waals surface area (Å²) in [5.74, 6) is 1.75. The fourth-order valence-electron chi connectivity index (χ4n) is 5.26. The molecule has 1 fully saturated rings. The van der Waals surface area contributed by atoms with Gasteiger partial charge in [-0.25, -0.2) is 0 Å². The van der Waals surface area contributed by atoms with E-state index in [9.17, 15) is 4.79 Å². The molecule has 1 unspecified atom stereocenters. The van der Waals surface area contributed by atoms with E-state index in [1.54, 1.807) is 7.11 Å². The molecule has 200 valence electrons. The smallest absolute Gasteiger partial charge is 0.167 e. The summed E-state index contributed by atoms with van der Waals surface area (Å²) in [6, 6.07) is 31.0. The van der Waals surface area contributed by atoms with E-state index in [0.29, 0.717) is 18.0 Å². The van der Waals surface area contributed by atoms with Crippen LogP contribution in [-0.2, 0) is 6.42 Å². The molecule has 1 heterocycles. The van der Waals surface area contributed by atoms with Crippen molar-refractivity contribution in [2.45, 2.75) is 45.1 Å². The molecule has 5 rings (SSSR count). The van der Waals surface area contributed by atoms with Gasteiger partial charge >= 0.3 is 0 Å². The summed E-state index contributed by atoms with van der Waals surface area (Å²) >= 11 is 0. The Kier molecular flexibility index (Phi) is 8.75. The lowest BCUT2D eigenvalue weighted by Gasteiger charge is -2.23. The summed E-state index contributed by atoms with van der Waals surface area (Å²) < 4.78 is 11.6. The Labute approximate surface area is 232 Å². The van der Waals surface area contributed by atoms with Crippen LogP contribution >= 0.6 is 0 Å². The largest absolute Gasteiger partial charge is 0.496 e. The molecule has 0 bridgehead atoms. The molecule has 1 atom stereocenters. The molecule has 0 amide bonds. The number of methoxy groups -OCH3 is 1. The number of hydrogen-bond donors (Lipinski definition) is 1. The maximum Gasteiger partial charge on any atom is 0.167 e. The van der Waals surface area contributed by atoms with Crippen LogP contribution in [0.5, 0.6) is 11.5 Å². The summed E-state index contributed by atoms with van der Waals surface area (Å²) in [4.78, 5) is 13.2. The number of hydrogen-bond acceptors (Lipinski definition) is 4. The van der Waals surface area contributed by atoms with Crippen LogP contribution in [0.4, 0.5) is 0 Å². The standard InChI is InChI=1S/C35H37NO3/c1-25-6-5-7-29(22-25)33-24-30(15-18-35(33)38-2)34(37)23-26-9-11-27(12-10-26)28-13-16-32(17-14-28)39-21-19-31-8-3-4-20-36-31/h5-7,9-18,22,24,31,36H,3-4,8,19-21,23H2,1-2H3. The Hall–Kier alpha value is -3.89. The molecule has 39 heavy (non-hydrogen) atoms. The van der Waals surface area contributed by atoms with E-state index in [2.05, 4.69) is 48.6 Å². The maximum atomic E-state index is 13.2. The second-order valence-corrected chi connectivity index (χ2v) is 10.4. The normalized spacial score (nSPS) is 15.1. The zero-order chi connectivity index (χ0) is 27.0. The van der Waals surface area contributed by atoms with E-state index in [1.807, 2.05) is 54.6 Å². The molecular weight excluding hydrogens is 482 g/mol. The molecule has 4 aromatic carbocycles. The average Bonchev–Trinajstić information content (AvgIpc) is 2.98. The molecule has 0 aromatic heterocycles. The van der Waals surface area contributed by atoms with Gasteiger partial charge in [-0.2, -0.15) is 0 Å². The van der Waals surface area contributed by atoms with Gasteiger partial charge in [-0.05, 0) is 85.3 Å². The molecule has 0 radical (unpaired) electrons. The Balaban J connectivity index is 1.20. The van der Waals surface area contributed by atoms with Gasteiger partial charge in [0.25, 0.3) is 0 Å². The van der Waals surface area contributed by atoms with Gasteiger partial charge in [0, 0.05) is 23.6 Å². The minimum Gasteiger partial charge on any atom is -0.496 e. The molecule has 1 aliphatic rings. The summed E-state index contributed by atoms with van der Waals surface area (Å²) in [7, 11) is 1.66. The van der Waals surface area contributed by atoms with Crippen molar-refractivity contribution in [1.82, 2.24) is 5.32 Å². The van der Waals surface area contributed by atoms with Crippen molar-refractivity contribution in [2.75, 3.05) is 20.3 Å². The van der Waals surface area contributed by atoms with Crippen molar-refractivity contribution in [2.24, 2.45) is 0 Å². The van der Waals surface area contributed by atoms with Gasteiger partial charge in [0.15, 0.2) is 5.78 Å². The molecule has 1 N–H and O–H groups in total. The zero-order valence-electron chi connectivity index (χ0n) is 22.9. The van der Waals surface area contributed by atoms with Crippen LogP contribution in [0.15, 0.2) is 91.0 Å². The van der Waals surface area contributed by atoms with Crippen LogP contribution in [0.25, 0.3) is 22.3 Å². The Morgan fingerprint density at radius 3 is 2.33 bits per heavy atom. The third kappa shape index (κ3) is 6.96. The topological polar surface area (TPSA) is 47.6 Å². The van der Waals surface area contributed by atoms with Crippen molar-refractivity contribution >= 4 is 5.78 Å². The van der Waals surface area contributed by atoms with E-state index in [0.717, 1.165) is 58.9 Å². The van der Waals surface area contributed by atoms with Gasteiger partial charge in [-0.15, -0.1) is 0 Å². The van der Waals surface area contributed by atoms with Crippen LogP contribution in [0.3, 0.4) is 0 Å². The number of Topliss-reactive ketones (excluding diaryl/α,β-unsaturated/α-hetero) is 1. The summed E-state index contributed by atoms with van der Waals surface area (Å²) in [5, 5.41) is 3.57. The molecule has 4 nitrogen and oxygen atoms in total. The first-order valence-electron chi connectivity index (χ1n) is 13.9. The molecule has 0 aliphatic carbocycles. The second kappa shape index (κ2) is 12.8. The van der Waals surface area contributed by atoms with Crippen molar-refractivity contribution in [3.63, 3.8) is 0 Å². The van der Waals surface area contributed by atoms with Gasteiger partial charge in [0.1, 0.15) is 11.5 Å². The molecule has 4 heteroatoms. The maximum absolute atomic E-state index is 13.2. The Bertz CT molecular complexity index is 1390. The lowest BCUT2D eigenvalue weighted by Crippen LogP contribution is -2.35. The number of ether oxygens (including phenoxy) is 2. The van der Waals surface area contributed by atoms with Crippen molar-refractivity contribution in [1.29, 1.82) is 0 Å². The van der Waals surface area contributed by atoms with E-state index in [1.165, 1.54) is 24.8 Å². The van der Waals surface area contributed by atoms with Crippen LogP contribution in [-0.4, -0.2) is 32.1 Å². The predicted molar refractivity (Wildman–Crippen MR) is 159 cm³/mol. The Morgan fingerprint density at radius 2 is 1.64 bits per heavy atom. The van der Waals surface area contributed by atoms with Crippen LogP contribution in [0.2, 0.25) is 0 Å². The number of carbonyl (C=O) groups excluding carboxylic acids is 1. The molecule has 0 saturated carbocycles. The fourth-order valence-corrected chi connectivity index (χ4v) is 5.26. The van der Waals surface area contributed by atoms with Gasteiger partial charge in [-0.3, -0.25) is 4.79 Å². The first-order valence-corrected chi connectivity index (χ1v) is 13.9. The highest BCUT2D eigenvalue weighted by Gasteiger charge is 2.14. The number of nitrogens with one attached hydrogen (secondary N) is 1. The fraction of sp³-hybridized carbons (Fsp3) is 0.286. The highest BCUT2D eigenvalue weighted by molar-refractivity contribution is 5.99. The summed E-state index contributed by atoms with van der Waals surface area (Å²) in [5.41, 5.74) is 7.08. The van der Waals surface area contributed by atoms with Crippen LogP contribution in [0.1, 0.15) is 47.2 Å². The van der Waals surface area contributed by atoms with E-state index in [4.69, 9.17) is 9.47 Å². The molecular formula is C35H37NO3. The summed E-state index contributed by atoms with van der Waals surface area (Å²) in [6.07, 6.45) is 5.25. The van der Waals surface area contributed by atoms with Crippen LogP contribution in [0, 0.1) is 6.92 Å². The van der Waals surface area contributed by atoms with Gasteiger partial charge in [0.2, 0.25) is 0 Å². The Morgan fingerprint density at radius 1 is 0.872 bits per heavy atom. The minimum atomic E-state index is 0.0873. The number of aryl methyl sites for hydroxylation is 1. The first-order chi connectivity index (χ1) is 19.1. The van der Waals surface area contributed by atoms with Crippen molar-refractivity contribution < 1.29 is 14.3 Å². The minimum absolute atomic E-state index is 0.0873. The lowest BCUT2D eigenvalue weighted by molar-refractivity contribution is 0.0993. The van der Waals surface area contributed by atoms with E-state index in [-0.39, 0.29) is 5.78 Å². The second-order valence-electron chi connectivity index (χ2n) is 10.4. The third-order valence-corrected chi connectivity index (χ3v) is 7.50. The highest BCUT2D eigenvalue weighted by Crippen LogP contribution is 2.32.